The highest BCUT2D eigenvalue weighted by Gasteiger charge is 2.15. The second-order valence-electron chi connectivity index (χ2n) is 4.55. The van der Waals surface area contributed by atoms with Crippen LogP contribution in [0.3, 0.4) is 0 Å². The number of aliphatic hydroxyl groups excluding tert-OH is 1. The molecular formula is C16H16BrFO3. The smallest absolute Gasteiger partial charge is 0.161 e. The summed E-state index contributed by atoms with van der Waals surface area (Å²) < 4.78 is 24.2. The normalized spacial score (nSPS) is 12.0. The number of aliphatic hydroxyl groups is 1. The van der Waals surface area contributed by atoms with Crippen molar-refractivity contribution >= 4 is 15.9 Å². The molecule has 5 heteroatoms. The van der Waals surface area contributed by atoms with E-state index in [4.69, 9.17) is 9.47 Å². The van der Waals surface area contributed by atoms with Crippen molar-refractivity contribution in [2.45, 2.75) is 12.5 Å². The van der Waals surface area contributed by atoms with E-state index in [1.54, 1.807) is 37.4 Å². The molecule has 0 aromatic heterocycles. The van der Waals surface area contributed by atoms with Crippen molar-refractivity contribution in [1.29, 1.82) is 0 Å². The molecule has 1 atom stereocenters. The molecule has 2 aromatic rings. The maximum Gasteiger partial charge on any atom is 0.161 e. The van der Waals surface area contributed by atoms with Gasteiger partial charge in [-0.25, -0.2) is 4.39 Å². The third-order valence-corrected chi connectivity index (χ3v) is 4.13. The van der Waals surface area contributed by atoms with E-state index in [0.717, 1.165) is 0 Å². The lowest BCUT2D eigenvalue weighted by Crippen LogP contribution is -2.04. The van der Waals surface area contributed by atoms with Crippen molar-refractivity contribution in [2.24, 2.45) is 0 Å². The summed E-state index contributed by atoms with van der Waals surface area (Å²) in [4.78, 5) is 0. The second kappa shape index (κ2) is 6.91. The Balaban J connectivity index is 2.24. The number of rotatable bonds is 5. The highest BCUT2D eigenvalue weighted by molar-refractivity contribution is 9.10. The molecule has 0 amide bonds. The standard InChI is InChI=1S/C16H16BrFO3/c1-20-14-7-6-10(9-15(14)21-2)13(19)8-11-4-3-5-12(18)16(11)17/h3-7,9,13,19H,8H2,1-2H3. The Hall–Kier alpha value is -1.59. The zero-order valence-corrected chi connectivity index (χ0v) is 13.4. The van der Waals surface area contributed by atoms with E-state index in [9.17, 15) is 9.50 Å². The first-order valence-corrected chi connectivity index (χ1v) is 7.19. The predicted octanol–water partition coefficient (Wildman–Crippen LogP) is 3.88. The molecule has 0 spiro atoms. The number of ether oxygens (including phenoxy) is 2. The van der Waals surface area contributed by atoms with Gasteiger partial charge in [0.2, 0.25) is 0 Å². The largest absolute Gasteiger partial charge is 0.493 e. The van der Waals surface area contributed by atoms with Crippen molar-refractivity contribution in [2.75, 3.05) is 14.2 Å². The van der Waals surface area contributed by atoms with Gasteiger partial charge < -0.3 is 14.6 Å². The van der Waals surface area contributed by atoms with E-state index < -0.39 is 6.10 Å². The van der Waals surface area contributed by atoms with Gasteiger partial charge in [0, 0.05) is 6.42 Å². The molecule has 1 N–H and O–H groups in total. The fourth-order valence-electron chi connectivity index (χ4n) is 2.09. The van der Waals surface area contributed by atoms with Crippen LogP contribution in [-0.2, 0) is 6.42 Å². The molecular weight excluding hydrogens is 339 g/mol. The Morgan fingerprint density at radius 3 is 2.52 bits per heavy atom. The van der Waals surface area contributed by atoms with E-state index in [2.05, 4.69) is 15.9 Å². The third-order valence-electron chi connectivity index (χ3n) is 3.24. The van der Waals surface area contributed by atoms with Gasteiger partial charge in [0.25, 0.3) is 0 Å². The Labute approximate surface area is 131 Å². The average Bonchev–Trinajstić information content (AvgIpc) is 2.51. The van der Waals surface area contributed by atoms with Gasteiger partial charge in [-0.2, -0.15) is 0 Å². The van der Waals surface area contributed by atoms with Crippen molar-refractivity contribution in [1.82, 2.24) is 0 Å². The monoisotopic (exact) mass is 354 g/mol. The van der Waals surface area contributed by atoms with Crippen molar-refractivity contribution in [3.05, 3.63) is 57.8 Å². The van der Waals surface area contributed by atoms with E-state index in [0.29, 0.717) is 33.5 Å². The van der Waals surface area contributed by atoms with Crippen LogP contribution in [0.25, 0.3) is 0 Å². The molecule has 21 heavy (non-hydrogen) atoms. The van der Waals surface area contributed by atoms with Crippen molar-refractivity contribution in [3.63, 3.8) is 0 Å². The van der Waals surface area contributed by atoms with Gasteiger partial charge in [-0.05, 0) is 45.3 Å². The van der Waals surface area contributed by atoms with Crippen LogP contribution in [0.2, 0.25) is 0 Å². The summed E-state index contributed by atoms with van der Waals surface area (Å²) in [6.07, 6.45) is -0.462. The van der Waals surface area contributed by atoms with Gasteiger partial charge in [0.15, 0.2) is 11.5 Å². The zero-order valence-electron chi connectivity index (χ0n) is 11.8. The van der Waals surface area contributed by atoms with Crippen LogP contribution in [0.4, 0.5) is 4.39 Å². The molecule has 0 aliphatic carbocycles. The molecule has 0 radical (unpaired) electrons. The average molecular weight is 355 g/mol. The highest BCUT2D eigenvalue weighted by atomic mass is 79.9. The van der Waals surface area contributed by atoms with E-state index in [-0.39, 0.29) is 5.82 Å². The second-order valence-corrected chi connectivity index (χ2v) is 5.34. The molecule has 0 saturated carbocycles. The maximum atomic E-state index is 13.5. The van der Waals surface area contributed by atoms with Crippen LogP contribution in [0, 0.1) is 5.82 Å². The van der Waals surface area contributed by atoms with Gasteiger partial charge in [-0.3, -0.25) is 0 Å². The van der Waals surface area contributed by atoms with Crippen LogP contribution in [-0.4, -0.2) is 19.3 Å². The van der Waals surface area contributed by atoms with Gasteiger partial charge in [-0.15, -0.1) is 0 Å². The summed E-state index contributed by atoms with van der Waals surface area (Å²) in [7, 11) is 3.09. The fourth-order valence-corrected chi connectivity index (χ4v) is 2.52. The molecule has 3 nitrogen and oxygen atoms in total. The van der Waals surface area contributed by atoms with Crippen LogP contribution in [0.5, 0.6) is 11.5 Å². The van der Waals surface area contributed by atoms with Gasteiger partial charge in [-0.1, -0.05) is 18.2 Å². The first-order chi connectivity index (χ1) is 10.1. The lowest BCUT2D eigenvalue weighted by molar-refractivity contribution is 0.177. The van der Waals surface area contributed by atoms with Crippen LogP contribution < -0.4 is 9.47 Å². The maximum absolute atomic E-state index is 13.5. The molecule has 0 bridgehead atoms. The molecule has 0 fully saturated rings. The third kappa shape index (κ3) is 3.54. The van der Waals surface area contributed by atoms with Crippen molar-refractivity contribution < 1.29 is 19.0 Å². The van der Waals surface area contributed by atoms with Crippen LogP contribution >= 0.6 is 15.9 Å². The first kappa shape index (κ1) is 15.8. The van der Waals surface area contributed by atoms with E-state index in [1.807, 2.05) is 0 Å². The molecule has 0 aliphatic rings. The molecule has 112 valence electrons. The summed E-state index contributed by atoms with van der Waals surface area (Å²) in [6.45, 7) is 0. The molecule has 2 rings (SSSR count). The van der Waals surface area contributed by atoms with Crippen molar-refractivity contribution in [3.8, 4) is 11.5 Å². The first-order valence-electron chi connectivity index (χ1n) is 6.39. The topological polar surface area (TPSA) is 38.7 Å². The minimum atomic E-state index is -0.761. The summed E-state index contributed by atoms with van der Waals surface area (Å²) in [5, 5.41) is 10.3. The Kier molecular flexibility index (Phi) is 5.20. The minimum absolute atomic E-state index is 0.299. The summed E-state index contributed by atoms with van der Waals surface area (Å²) in [6, 6.07) is 9.98. The Morgan fingerprint density at radius 2 is 1.86 bits per heavy atom. The summed E-state index contributed by atoms with van der Waals surface area (Å²) >= 11 is 3.20. The van der Waals surface area contributed by atoms with E-state index >= 15 is 0 Å². The van der Waals surface area contributed by atoms with Crippen LogP contribution in [0.1, 0.15) is 17.2 Å². The van der Waals surface area contributed by atoms with Gasteiger partial charge in [0.1, 0.15) is 5.82 Å². The summed E-state index contributed by atoms with van der Waals surface area (Å²) in [5.41, 5.74) is 1.39. The zero-order chi connectivity index (χ0) is 15.4. The molecule has 0 aliphatic heterocycles. The van der Waals surface area contributed by atoms with Gasteiger partial charge in [0.05, 0.1) is 24.8 Å². The number of hydrogen-bond acceptors (Lipinski definition) is 3. The quantitative estimate of drug-likeness (QED) is 0.885. The molecule has 0 saturated heterocycles. The minimum Gasteiger partial charge on any atom is -0.493 e. The predicted molar refractivity (Wildman–Crippen MR) is 82.3 cm³/mol. The van der Waals surface area contributed by atoms with Gasteiger partial charge >= 0.3 is 0 Å². The lowest BCUT2D eigenvalue weighted by atomic mass is 10.0. The molecule has 1 unspecified atom stereocenters. The lowest BCUT2D eigenvalue weighted by Gasteiger charge is -2.15. The number of benzene rings is 2. The number of hydrogen-bond donors (Lipinski definition) is 1. The Bertz CT molecular complexity index is 631. The summed E-state index contributed by atoms with van der Waals surface area (Å²) in [5.74, 6) is 0.805. The SMILES string of the molecule is COc1ccc(C(O)Cc2cccc(F)c2Br)cc1OC. The molecule has 0 heterocycles. The van der Waals surface area contributed by atoms with Crippen LogP contribution in [0.15, 0.2) is 40.9 Å². The number of halogens is 2. The Morgan fingerprint density at radius 1 is 1.14 bits per heavy atom. The molecule has 2 aromatic carbocycles. The highest BCUT2D eigenvalue weighted by Crippen LogP contribution is 2.32. The fraction of sp³-hybridized carbons (Fsp3) is 0.250. The number of methoxy groups -OCH3 is 2. The van der Waals surface area contributed by atoms with E-state index in [1.165, 1.54) is 13.2 Å².